The molecule has 0 bridgehead atoms. The minimum atomic E-state index is 0. The second-order valence-corrected chi connectivity index (χ2v) is 4.70. The Morgan fingerprint density at radius 2 is 2.11 bits per heavy atom. The van der Waals surface area contributed by atoms with Crippen LogP contribution in [-0.2, 0) is 13.1 Å². The van der Waals surface area contributed by atoms with Gasteiger partial charge < -0.3 is 5.32 Å². The van der Waals surface area contributed by atoms with Gasteiger partial charge in [0.25, 0.3) is 0 Å². The van der Waals surface area contributed by atoms with Crippen molar-refractivity contribution in [2.45, 2.75) is 46.8 Å². The lowest BCUT2D eigenvalue weighted by Gasteiger charge is -2.12. The van der Waals surface area contributed by atoms with Crippen LogP contribution in [0.4, 0.5) is 5.82 Å². The van der Waals surface area contributed by atoms with Crippen molar-refractivity contribution in [2.24, 2.45) is 0 Å². The molecule has 2 rings (SSSR count). The van der Waals surface area contributed by atoms with Gasteiger partial charge in [-0.15, -0.1) is 12.4 Å². The summed E-state index contributed by atoms with van der Waals surface area (Å²) in [5.74, 6) is 1.06. The van der Waals surface area contributed by atoms with E-state index < -0.39 is 0 Å². The maximum atomic E-state index is 4.42. The second kappa shape index (κ2) is 6.61. The van der Waals surface area contributed by atoms with Crippen molar-refractivity contribution >= 4 is 18.2 Å². The van der Waals surface area contributed by atoms with E-state index in [4.69, 9.17) is 0 Å². The molecule has 106 valence electrons. The SMILES string of the molecule is CCn1nc(C)cc1NCc1ccnn1C(C)C.Cl. The van der Waals surface area contributed by atoms with E-state index in [-0.39, 0.29) is 12.4 Å². The molecule has 2 aromatic rings. The van der Waals surface area contributed by atoms with Gasteiger partial charge in [0.05, 0.1) is 17.9 Å². The number of aryl methyl sites for hydroxylation is 2. The molecule has 0 atom stereocenters. The molecule has 0 unspecified atom stereocenters. The van der Waals surface area contributed by atoms with Gasteiger partial charge in [0.15, 0.2) is 0 Å². The number of halogens is 1. The van der Waals surface area contributed by atoms with E-state index in [0.29, 0.717) is 6.04 Å². The molecule has 1 N–H and O–H groups in total. The molecule has 0 fully saturated rings. The Morgan fingerprint density at radius 3 is 2.74 bits per heavy atom. The monoisotopic (exact) mass is 283 g/mol. The normalized spacial score (nSPS) is 10.6. The molecule has 0 aromatic carbocycles. The topological polar surface area (TPSA) is 47.7 Å². The Kier molecular flexibility index (Phi) is 5.42. The first-order valence-electron chi connectivity index (χ1n) is 6.42. The zero-order chi connectivity index (χ0) is 13.1. The Hall–Kier alpha value is -1.49. The Bertz CT molecular complexity index is 515. The van der Waals surface area contributed by atoms with Gasteiger partial charge in [-0.2, -0.15) is 10.2 Å². The third-order valence-corrected chi connectivity index (χ3v) is 2.89. The number of hydrogen-bond donors (Lipinski definition) is 1. The average molecular weight is 284 g/mol. The van der Waals surface area contributed by atoms with Crippen LogP contribution in [0.25, 0.3) is 0 Å². The number of nitrogens with zero attached hydrogens (tertiary/aromatic N) is 4. The molecule has 19 heavy (non-hydrogen) atoms. The molecule has 0 aliphatic rings. The molecule has 6 heteroatoms. The van der Waals surface area contributed by atoms with Gasteiger partial charge >= 0.3 is 0 Å². The lowest BCUT2D eigenvalue weighted by Crippen LogP contribution is -2.12. The van der Waals surface area contributed by atoms with Crippen LogP contribution >= 0.6 is 12.4 Å². The highest BCUT2D eigenvalue weighted by Gasteiger charge is 2.07. The molecular formula is C13H22ClN5. The molecule has 5 nitrogen and oxygen atoms in total. The van der Waals surface area contributed by atoms with E-state index in [1.807, 2.05) is 28.6 Å². The van der Waals surface area contributed by atoms with Crippen molar-refractivity contribution in [3.05, 3.63) is 29.7 Å². The first-order chi connectivity index (χ1) is 8.61. The Morgan fingerprint density at radius 1 is 1.37 bits per heavy atom. The third kappa shape index (κ3) is 3.50. The highest BCUT2D eigenvalue weighted by Crippen LogP contribution is 2.13. The highest BCUT2D eigenvalue weighted by molar-refractivity contribution is 5.85. The molecule has 2 aromatic heterocycles. The summed E-state index contributed by atoms with van der Waals surface area (Å²) in [5, 5.41) is 12.2. The van der Waals surface area contributed by atoms with Crippen molar-refractivity contribution in [3.63, 3.8) is 0 Å². The summed E-state index contributed by atoms with van der Waals surface area (Å²) < 4.78 is 4.01. The van der Waals surface area contributed by atoms with Crippen LogP contribution in [0, 0.1) is 6.92 Å². The highest BCUT2D eigenvalue weighted by atomic mass is 35.5. The van der Waals surface area contributed by atoms with Gasteiger partial charge in [-0.3, -0.25) is 4.68 Å². The molecule has 0 radical (unpaired) electrons. The van der Waals surface area contributed by atoms with E-state index in [9.17, 15) is 0 Å². The first kappa shape index (κ1) is 15.6. The Labute approximate surface area is 120 Å². The summed E-state index contributed by atoms with van der Waals surface area (Å²) in [7, 11) is 0. The van der Waals surface area contributed by atoms with Crippen molar-refractivity contribution in [1.82, 2.24) is 19.6 Å². The second-order valence-electron chi connectivity index (χ2n) is 4.70. The third-order valence-electron chi connectivity index (χ3n) is 2.89. The van der Waals surface area contributed by atoms with Gasteiger partial charge in [-0.25, -0.2) is 4.68 Å². The predicted octanol–water partition coefficient (Wildman–Crippen LogP) is 3.02. The van der Waals surface area contributed by atoms with E-state index in [1.54, 1.807) is 0 Å². The summed E-state index contributed by atoms with van der Waals surface area (Å²) in [6, 6.07) is 4.50. The zero-order valence-corrected chi connectivity index (χ0v) is 12.7. The standard InChI is InChI=1S/C13H21N5.ClH/c1-5-17-13(8-11(4)16-17)14-9-12-6-7-15-18(12)10(2)3;/h6-8,10,14H,5,9H2,1-4H3;1H. The molecule has 0 amide bonds. The van der Waals surface area contributed by atoms with Crippen LogP contribution < -0.4 is 5.32 Å². The first-order valence-corrected chi connectivity index (χ1v) is 6.42. The number of aromatic nitrogens is 4. The van der Waals surface area contributed by atoms with Gasteiger partial charge in [-0.05, 0) is 33.8 Å². The summed E-state index contributed by atoms with van der Waals surface area (Å²) >= 11 is 0. The minimum absolute atomic E-state index is 0. The molecular weight excluding hydrogens is 262 g/mol. The summed E-state index contributed by atoms with van der Waals surface area (Å²) in [4.78, 5) is 0. The van der Waals surface area contributed by atoms with Crippen molar-refractivity contribution < 1.29 is 0 Å². The van der Waals surface area contributed by atoms with Crippen LogP contribution in [0.15, 0.2) is 18.3 Å². The van der Waals surface area contributed by atoms with E-state index in [2.05, 4.69) is 42.4 Å². The summed E-state index contributed by atoms with van der Waals surface area (Å²) in [5.41, 5.74) is 2.23. The Balaban J connectivity index is 0.00000180. The fraction of sp³-hybridized carbons (Fsp3) is 0.538. The van der Waals surface area contributed by atoms with Crippen molar-refractivity contribution in [1.29, 1.82) is 0 Å². The van der Waals surface area contributed by atoms with E-state index in [0.717, 1.165) is 24.6 Å². The number of hydrogen-bond acceptors (Lipinski definition) is 3. The zero-order valence-electron chi connectivity index (χ0n) is 11.9. The van der Waals surface area contributed by atoms with Gasteiger partial charge in [-0.1, -0.05) is 0 Å². The lowest BCUT2D eigenvalue weighted by atomic mass is 10.3. The maximum absolute atomic E-state index is 4.42. The van der Waals surface area contributed by atoms with Crippen molar-refractivity contribution in [2.75, 3.05) is 5.32 Å². The lowest BCUT2D eigenvalue weighted by molar-refractivity contribution is 0.512. The number of rotatable bonds is 5. The predicted molar refractivity (Wildman–Crippen MR) is 79.8 cm³/mol. The van der Waals surface area contributed by atoms with Crippen LogP contribution in [-0.4, -0.2) is 19.6 Å². The van der Waals surface area contributed by atoms with E-state index >= 15 is 0 Å². The molecule has 2 heterocycles. The van der Waals surface area contributed by atoms with Gasteiger partial charge in [0.1, 0.15) is 5.82 Å². The molecule has 0 saturated heterocycles. The van der Waals surface area contributed by atoms with Crippen LogP contribution in [0.3, 0.4) is 0 Å². The largest absolute Gasteiger partial charge is 0.365 e. The molecule has 0 saturated carbocycles. The van der Waals surface area contributed by atoms with Crippen LogP contribution in [0.1, 0.15) is 38.2 Å². The molecule has 0 spiro atoms. The fourth-order valence-electron chi connectivity index (χ4n) is 2.06. The number of anilines is 1. The van der Waals surface area contributed by atoms with Crippen molar-refractivity contribution in [3.8, 4) is 0 Å². The maximum Gasteiger partial charge on any atom is 0.124 e. The molecule has 0 aliphatic carbocycles. The summed E-state index contributed by atoms with van der Waals surface area (Å²) in [6.07, 6.45) is 1.85. The van der Waals surface area contributed by atoms with Gasteiger partial charge in [0.2, 0.25) is 0 Å². The quantitative estimate of drug-likeness (QED) is 0.917. The van der Waals surface area contributed by atoms with Gasteiger partial charge in [0, 0.05) is 24.8 Å². The minimum Gasteiger partial charge on any atom is -0.365 e. The average Bonchev–Trinajstić information content (AvgIpc) is 2.92. The summed E-state index contributed by atoms with van der Waals surface area (Å²) in [6.45, 7) is 10.0. The smallest absolute Gasteiger partial charge is 0.124 e. The van der Waals surface area contributed by atoms with Crippen LogP contribution in [0.5, 0.6) is 0 Å². The van der Waals surface area contributed by atoms with E-state index in [1.165, 1.54) is 5.69 Å². The molecule has 0 aliphatic heterocycles. The number of nitrogens with one attached hydrogen (secondary N) is 1. The van der Waals surface area contributed by atoms with Crippen LogP contribution in [0.2, 0.25) is 0 Å². The fourth-order valence-corrected chi connectivity index (χ4v) is 2.06.